The van der Waals surface area contributed by atoms with E-state index in [0.29, 0.717) is 213 Å². The first-order valence-electron chi connectivity index (χ1n) is 33.8. The minimum Gasteiger partial charge on any atom is -0.478 e. The van der Waals surface area contributed by atoms with Gasteiger partial charge in [-0.2, -0.15) is 9.98 Å². The maximum Gasteiger partial charge on any atom is 0.328 e. The molecule has 4 aromatic carbocycles. The van der Waals surface area contributed by atoms with E-state index in [9.17, 15) is 28.8 Å². The van der Waals surface area contributed by atoms with Crippen molar-refractivity contribution in [2.75, 3.05) is 181 Å². The average Bonchev–Trinajstić information content (AvgIpc) is 1.65. The highest BCUT2D eigenvalue weighted by Crippen LogP contribution is 2.33. The van der Waals surface area contributed by atoms with E-state index in [0.717, 1.165) is 71.8 Å². The molecule has 0 unspecified atom stereocenters. The van der Waals surface area contributed by atoms with E-state index in [2.05, 4.69) is 22.2 Å². The molecular formula is C73H108N10O17. The number of anilines is 2. The molecule has 0 aliphatic carbocycles. The van der Waals surface area contributed by atoms with Gasteiger partial charge in [-0.3, -0.25) is 24.0 Å². The number of primary amides is 2. The van der Waals surface area contributed by atoms with Crippen molar-refractivity contribution in [2.24, 2.45) is 38.7 Å². The standard InChI is InChI=1S/C36H51N5O8.C22H21N3O4.C14H32N2O5.CH4/c1-2-14-41-32-10-8-28(25-31(32)27-33(41)40-36(44)30-7-3-6-29(26-30)35(38)43)9-11-34(42)39-13-5-16-46-18-20-48-22-24-49-23-21-47-19-17-45-15-4-12-37;1-2-10-25-18-8-6-14(7-9-20(26)27)11-17(18)13-19(25)24-22(29)16-5-3-4-15(12-16)21(23)28;15-3-1-5-17-7-9-19-11-13-21-14-12-20-10-8-18-6-2-4-16;/h3,6-11,25-26H,2,4-5,12-24,27,37H2,1H3,(H2,38,43)(H,39,42);3-9,11-12H,2,10,13H2,1H3,(H2,23,28)(H,26,27);1-16H2;1H4/b11-9+,40-33?;9-7+,24-19?;;. The Kier molecular flexibility index (Phi) is 46.4. The molecule has 0 bridgehead atoms. The van der Waals surface area contributed by atoms with Gasteiger partial charge in [-0.25, -0.2) is 4.79 Å². The lowest BCUT2D eigenvalue weighted by Crippen LogP contribution is -2.28. The molecule has 0 fully saturated rings. The number of nitrogens with one attached hydrogen (secondary N) is 1. The van der Waals surface area contributed by atoms with Gasteiger partial charge in [-0.1, -0.05) is 45.5 Å². The number of nitrogens with zero attached hydrogens (tertiary/aromatic N) is 4. The van der Waals surface area contributed by atoms with E-state index in [-0.39, 0.29) is 24.5 Å². The Hall–Kier alpha value is -8.00. The van der Waals surface area contributed by atoms with E-state index in [1.165, 1.54) is 24.3 Å². The number of carboxylic acid groups (broad SMARTS) is 1. The summed E-state index contributed by atoms with van der Waals surface area (Å²) < 4.78 is 53.9. The predicted molar refractivity (Wildman–Crippen MR) is 388 cm³/mol. The van der Waals surface area contributed by atoms with Gasteiger partial charge < -0.3 is 96.3 Å². The minimum atomic E-state index is -1.01. The first-order chi connectivity index (χ1) is 48.2. The monoisotopic (exact) mass is 1400 g/mol. The molecule has 4 aromatic rings. The molecule has 100 heavy (non-hydrogen) atoms. The van der Waals surface area contributed by atoms with Crippen LogP contribution in [0.4, 0.5) is 11.4 Å². The van der Waals surface area contributed by atoms with Crippen LogP contribution in [0.1, 0.15) is 123 Å². The van der Waals surface area contributed by atoms with Gasteiger partial charge in [-0.05, 0) is 153 Å². The summed E-state index contributed by atoms with van der Waals surface area (Å²) >= 11 is 0. The fourth-order valence-corrected chi connectivity index (χ4v) is 9.46. The van der Waals surface area contributed by atoms with Crippen molar-refractivity contribution in [3.05, 3.63) is 142 Å². The zero-order valence-corrected chi connectivity index (χ0v) is 57.6. The van der Waals surface area contributed by atoms with Crippen LogP contribution in [-0.2, 0) is 69.8 Å². The minimum absolute atomic E-state index is 0. The highest BCUT2D eigenvalue weighted by Gasteiger charge is 2.28. The van der Waals surface area contributed by atoms with Gasteiger partial charge >= 0.3 is 5.97 Å². The van der Waals surface area contributed by atoms with Crippen molar-refractivity contribution in [1.29, 1.82) is 0 Å². The van der Waals surface area contributed by atoms with E-state index in [4.69, 9.17) is 81.1 Å². The Morgan fingerprint density at radius 1 is 0.450 bits per heavy atom. The summed E-state index contributed by atoms with van der Waals surface area (Å²) in [5, 5.41) is 11.7. The molecule has 0 radical (unpaired) electrons. The number of carbonyl (C=O) groups is 6. The number of hydrogen-bond acceptors (Lipinski definition) is 19. The maximum absolute atomic E-state index is 12.9. The second kappa shape index (κ2) is 53.8. The number of aliphatic imine (C=N–C) groups is 2. The molecule has 0 spiro atoms. The normalized spacial score (nSPS) is 13.1. The van der Waals surface area contributed by atoms with Crippen LogP contribution in [0.25, 0.3) is 12.2 Å². The fraction of sp³-hybridized carbons (Fsp3) is 0.507. The molecular weight excluding hydrogens is 1290 g/mol. The molecule has 0 atom stereocenters. The van der Waals surface area contributed by atoms with Crippen LogP contribution < -0.4 is 43.8 Å². The van der Waals surface area contributed by atoms with Gasteiger partial charge in [0, 0.05) is 105 Å². The van der Waals surface area contributed by atoms with Gasteiger partial charge in [-0.15, -0.1) is 0 Å². The fourth-order valence-electron chi connectivity index (χ4n) is 9.46. The molecule has 27 nitrogen and oxygen atoms in total. The topological polar surface area (TPSA) is 388 Å². The lowest BCUT2D eigenvalue weighted by atomic mass is 10.1. The van der Waals surface area contributed by atoms with Gasteiger partial charge in [0.05, 0.1) is 106 Å². The summed E-state index contributed by atoms with van der Waals surface area (Å²) in [4.78, 5) is 84.4. The Balaban J connectivity index is 0.000000431. The first-order valence-corrected chi connectivity index (χ1v) is 33.8. The second-order valence-electron chi connectivity index (χ2n) is 22.2. The number of benzene rings is 4. The lowest BCUT2D eigenvalue weighted by Gasteiger charge is -2.19. The highest BCUT2D eigenvalue weighted by molar-refractivity contribution is 6.14. The number of amidine groups is 2. The SMILES string of the molecule is C.CCCN1C(=NC(=O)c2cccc(C(N)=O)c2)Cc2cc(/C=C/C(=O)NCCCOCCOCCOCCOCCOCCCN)ccc21.CCCN1C(=NC(=O)c2cccc(C(N)=O)c2)Cc2cc(/C=C/C(=O)O)ccc21.NCCCOCCOCCOCCOCCOCCCN. The van der Waals surface area contributed by atoms with Gasteiger partial charge in [0.15, 0.2) is 0 Å². The number of aliphatic carboxylic acids is 1. The Bertz CT molecular complexity index is 3150. The Morgan fingerprint density at radius 3 is 1.09 bits per heavy atom. The predicted octanol–water partition coefficient (Wildman–Crippen LogP) is 6.05. The number of fused-ring (bicyclic) bond motifs is 2. The van der Waals surface area contributed by atoms with Crippen molar-refractivity contribution in [3.63, 3.8) is 0 Å². The van der Waals surface area contributed by atoms with Crippen LogP contribution in [0.3, 0.4) is 0 Å². The second-order valence-corrected chi connectivity index (χ2v) is 22.2. The molecule has 2 heterocycles. The summed E-state index contributed by atoms with van der Waals surface area (Å²) in [5.74, 6) is -2.01. The first kappa shape index (κ1) is 86.2. The third-order valence-corrected chi connectivity index (χ3v) is 14.3. The molecule has 5 amide bonds. The summed E-state index contributed by atoms with van der Waals surface area (Å²) in [7, 11) is 0. The number of rotatable bonds is 49. The van der Waals surface area contributed by atoms with Crippen LogP contribution in [-0.4, -0.2) is 224 Å². The zero-order chi connectivity index (χ0) is 71.5. The van der Waals surface area contributed by atoms with Crippen molar-refractivity contribution in [1.82, 2.24) is 5.32 Å². The molecule has 2 aliphatic heterocycles. The average molecular weight is 1400 g/mol. The number of ether oxygens (including phenoxy) is 10. The molecule has 27 heteroatoms. The Morgan fingerprint density at radius 2 is 0.770 bits per heavy atom. The van der Waals surface area contributed by atoms with Crippen molar-refractivity contribution in [2.45, 2.75) is 72.6 Å². The van der Waals surface area contributed by atoms with E-state index < -0.39 is 29.6 Å². The molecule has 0 saturated carbocycles. The van der Waals surface area contributed by atoms with Crippen LogP contribution in [0.15, 0.2) is 107 Å². The summed E-state index contributed by atoms with van der Waals surface area (Å²) in [6.45, 7) is 19.2. The molecule has 12 N–H and O–H groups in total. The summed E-state index contributed by atoms with van der Waals surface area (Å²) in [5.41, 5.74) is 33.4. The van der Waals surface area contributed by atoms with Gasteiger partial charge in [0.1, 0.15) is 11.7 Å². The zero-order valence-electron chi connectivity index (χ0n) is 57.6. The van der Waals surface area contributed by atoms with Gasteiger partial charge in [0.2, 0.25) is 17.7 Å². The van der Waals surface area contributed by atoms with Crippen molar-refractivity contribution >= 4 is 70.7 Å². The molecule has 552 valence electrons. The summed E-state index contributed by atoms with van der Waals surface area (Å²) in [6.07, 6.45) is 11.9. The van der Waals surface area contributed by atoms with Crippen LogP contribution in [0.5, 0.6) is 0 Å². The largest absolute Gasteiger partial charge is 0.478 e. The van der Waals surface area contributed by atoms with E-state index in [1.807, 2.05) is 53.1 Å². The van der Waals surface area contributed by atoms with E-state index >= 15 is 0 Å². The molecule has 0 saturated heterocycles. The van der Waals surface area contributed by atoms with Gasteiger partial charge in [0.25, 0.3) is 11.8 Å². The summed E-state index contributed by atoms with van der Waals surface area (Å²) in [6, 6.07) is 24.0. The smallest absolute Gasteiger partial charge is 0.328 e. The van der Waals surface area contributed by atoms with Crippen LogP contribution in [0, 0.1) is 0 Å². The number of carboxylic acids is 1. The molecule has 2 aliphatic rings. The third-order valence-electron chi connectivity index (χ3n) is 14.3. The van der Waals surface area contributed by atoms with Crippen LogP contribution >= 0.6 is 0 Å². The highest BCUT2D eigenvalue weighted by atomic mass is 16.6. The number of hydrogen-bond donors (Lipinski definition) is 7. The number of amides is 5. The van der Waals surface area contributed by atoms with Crippen LogP contribution in [0.2, 0.25) is 0 Å². The maximum atomic E-state index is 12.9. The molecule has 6 rings (SSSR count). The number of nitrogens with two attached hydrogens (primary N) is 5. The third kappa shape index (κ3) is 35.9. The number of carbonyl (C=O) groups excluding carboxylic acids is 5. The van der Waals surface area contributed by atoms with Crippen molar-refractivity contribution in [3.8, 4) is 0 Å². The van der Waals surface area contributed by atoms with Crippen molar-refractivity contribution < 1.29 is 81.2 Å². The molecule has 0 aromatic heterocycles. The Labute approximate surface area is 589 Å². The quantitative estimate of drug-likeness (QED) is 0.0195. The lowest BCUT2D eigenvalue weighted by molar-refractivity contribution is -0.131. The van der Waals surface area contributed by atoms with E-state index in [1.54, 1.807) is 42.5 Å².